The average Bonchev–Trinajstić information content (AvgIpc) is 2.92. The summed E-state index contributed by atoms with van der Waals surface area (Å²) in [7, 11) is 0. The van der Waals surface area contributed by atoms with E-state index in [1.165, 1.54) is 29.8 Å². The van der Waals surface area contributed by atoms with Gasteiger partial charge in [-0.15, -0.1) is 0 Å². The predicted molar refractivity (Wildman–Crippen MR) is 150 cm³/mol. The van der Waals surface area contributed by atoms with E-state index in [9.17, 15) is 24.2 Å². The topological polar surface area (TPSA) is 120 Å². The zero-order valence-electron chi connectivity index (χ0n) is 21.9. The Morgan fingerprint density at radius 1 is 1.15 bits per heavy atom. The summed E-state index contributed by atoms with van der Waals surface area (Å²) >= 11 is 0. The van der Waals surface area contributed by atoms with Crippen molar-refractivity contribution in [2.45, 2.75) is 45.3 Å². The molecule has 0 amide bonds. The normalized spacial score (nSPS) is 15.8. The van der Waals surface area contributed by atoms with E-state index in [1.54, 1.807) is 19.1 Å². The third kappa shape index (κ3) is 5.40. The van der Waals surface area contributed by atoms with Crippen molar-refractivity contribution >= 4 is 30.5 Å². The first-order valence-electron chi connectivity index (χ1n) is 12.4. The number of ether oxygens (including phenoxy) is 3. The number of halogens is 1. The van der Waals surface area contributed by atoms with E-state index in [0.29, 0.717) is 5.56 Å². The summed E-state index contributed by atoms with van der Waals surface area (Å²) in [6.07, 6.45) is -0.195. The smallest absolute Gasteiger partial charge is 0.347 e. The van der Waals surface area contributed by atoms with Crippen LogP contribution in [0.1, 0.15) is 40.9 Å². The van der Waals surface area contributed by atoms with Gasteiger partial charge in [0.25, 0.3) is 5.56 Å². The van der Waals surface area contributed by atoms with Gasteiger partial charge in [0.05, 0.1) is 13.2 Å². The molecule has 4 aromatic rings. The lowest BCUT2D eigenvalue weighted by molar-refractivity contribution is -0.171. The molecule has 11 heteroatoms. The van der Waals surface area contributed by atoms with Crippen LogP contribution >= 0.6 is 13.5 Å². The molecule has 0 saturated heterocycles. The minimum atomic E-state index is -1.96. The van der Waals surface area contributed by atoms with E-state index in [0.717, 1.165) is 11.1 Å². The molecule has 3 heterocycles. The monoisotopic (exact) mass is 568 g/mol. The third-order valence-electron chi connectivity index (χ3n) is 6.62. The number of aliphatic hydroxyl groups excluding tert-OH is 1. The summed E-state index contributed by atoms with van der Waals surface area (Å²) in [6.45, 7) is 2.87. The Morgan fingerprint density at radius 3 is 2.50 bits per heavy atom. The highest BCUT2D eigenvalue weighted by molar-refractivity contribution is 7.59. The second kappa shape index (κ2) is 11.7. The fourth-order valence-corrected chi connectivity index (χ4v) is 4.57. The van der Waals surface area contributed by atoms with Crippen LogP contribution in [0.4, 0.5) is 4.39 Å². The lowest BCUT2D eigenvalue weighted by atomic mass is 9.99. The van der Waals surface area contributed by atoms with Gasteiger partial charge in [0, 0.05) is 18.2 Å². The number of pyridine rings is 2. The molecule has 2 aromatic heterocycles. The number of rotatable bonds is 8. The van der Waals surface area contributed by atoms with Gasteiger partial charge in [-0.2, -0.15) is 13.5 Å². The number of aromatic nitrogens is 2. The zero-order chi connectivity index (χ0) is 27.7. The van der Waals surface area contributed by atoms with Crippen molar-refractivity contribution in [3.8, 4) is 11.5 Å². The number of benzene rings is 2. The van der Waals surface area contributed by atoms with E-state index in [2.05, 4.69) is 4.98 Å². The number of nitrogens with zero attached hydrogens (tertiary/aromatic N) is 2. The van der Waals surface area contributed by atoms with Crippen molar-refractivity contribution in [3.05, 3.63) is 99.2 Å². The van der Waals surface area contributed by atoms with Crippen LogP contribution < -0.4 is 15.0 Å². The molecular weight excluding hydrogens is 539 g/mol. The van der Waals surface area contributed by atoms with Crippen LogP contribution in [0.5, 0.6) is 11.5 Å². The number of esters is 1. The molecule has 1 aliphatic heterocycles. The first kappa shape index (κ1) is 29.1. The van der Waals surface area contributed by atoms with Gasteiger partial charge in [-0.3, -0.25) is 14.3 Å². The van der Waals surface area contributed by atoms with Gasteiger partial charge in [0.15, 0.2) is 29.0 Å². The molecule has 0 aliphatic carbocycles. The minimum absolute atomic E-state index is 0. The Hall–Kier alpha value is -3.93. The molecule has 0 saturated carbocycles. The van der Waals surface area contributed by atoms with Crippen LogP contribution in [0.25, 0.3) is 11.0 Å². The number of carbonyl (C=O) groups is 1. The average molecular weight is 569 g/mol. The Balaban J connectivity index is 0.00000370. The van der Waals surface area contributed by atoms with Crippen molar-refractivity contribution in [1.29, 1.82) is 0 Å². The molecule has 2 N–H and O–H groups in total. The highest BCUT2D eigenvalue weighted by atomic mass is 32.1. The molecule has 9 nitrogen and oxygen atoms in total. The van der Waals surface area contributed by atoms with Gasteiger partial charge in [0.2, 0.25) is 0 Å². The molecule has 0 radical (unpaired) electrons. The van der Waals surface area contributed by atoms with E-state index in [-0.39, 0.29) is 73.6 Å². The summed E-state index contributed by atoms with van der Waals surface area (Å²) in [5, 5.41) is 20.4. The SMILES string of the molecule is CCOC(=O)c1c(OCc2ccccc2)c2ncc(Cc3ccc(F)cc3)c3c2n(c1=O)C[C@@](C)(C(O)O)O3.S. The zero-order valence-corrected chi connectivity index (χ0v) is 22.9. The van der Waals surface area contributed by atoms with E-state index < -0.39 is 23.4 Å². The predicted octanol–water partition coefficient (Wildman–Crippen LogP) is 3.46. The van der Waals surface area contributed by atoms with E-state index >= 15 is 0 Å². The molecule has 1 aliphatic rings. The summed E-state index contributed by atoms with van der Waals surface area (Å²) in [5.41, 5.74) is -0.214. The maximum absolute atomic E-state index is 13.9. The fourth-order valence-electron chi connectivity index (χ4n) is 4.57. The number of aliphatic hydroxyl groups is 2. The molecule has 5 rings (SSSR count). The molecule has 0 unspecified atom stereocenters. The standard InChI is InChI=1S/C29H27FN2O7.H2S/c1-3-37-27(34)21-25(38-15-18-7-5-4-6-8-18)22-23-24(39-29(2,28(35)36)16-32(23)26(21)33)19(14-31-22)13-17-9-11-20(30)12-10-17;/h4-12,14,28,35-36H,3,13,15-16H2,1-2H3;1H2/t29-;/m0./s1. The van der Waals surface area contributed by atoms with E-state index in [1.807, 2.05) is 30.3 Å². The van der Waals surface area contributed by atoms with Crippen LogP contribution in [0.15, 0.2) is 65.6 Å². The first-order chi connectivity index (χ1) is 18.7. The molecule has 1 atom stereocenters. The molecule has 40 heavy (non-hydrogen) atoms. The van der Waals surface area contributed by atoms with Crippen LogP contribution in [-0.4, -0.2) is 44.2 Å². The lowest BCUT2D eigenvalue weighted by Crippen LogP contribution is -2.53. The van der Waals surface area contributed by atoms with Crippen LogP contribution in [0.2, 0.25) is 0 Å². The second-order valence-electron chi connectivity index (χ2n) is 9.49. The Morgan fingerprint density at radius 2 is 1.85 bits per heavy atom. The Bertz CT molecular complexity index is 1590. The van der Waals surface area contributed by atoms with Crippen molar-refractivity contribution in [2.24, 2.45) is 0 Å². The number of hydrogen-bond donors (Lipinski definition) is 2. The minimum Gasteiger partial charge on any atom is -0.485 e. The maximum atomic E-state index is 13.9. The first-order valence-corrected chi connectivity index (χ1v) is 12.4. The van der Waals surface area contributed by atoms with Gasteiger partial charge in [-0.05, 0) is 37.1 Å². The molecule has 0 fully saturated rings. The largest absolute Gasteiger partial charge is 0.485 e. The highest BCUT2D eigenvalue weighted by Gasteiger charge is 2.42. The number of hydrogen-bond acceptors (Lipinski definition) is 8. The summed E-state index contributed by atoms with van der Waals surface area (Å²) in [5.74, 6) is -1.14. The van der Waals surface area contributed by atoms with Crippen LogP contribution in [0.3, 0.4) is 0 Å². The van der Waals surface area contributed by atoms with Crippen molar-refractivity contribution in [3.63, 3.8) is 0 Å². The fraction of sp³-hybridized carbons (Fsp3) is 0.276. The lowest BCUT2D eigenvalue weighted by Gasteiger charge is -2.38. The Labute approximate surface area is 236 Å². The quantitative estimate of drug-likeness (QED) is 0.245. The molecule has 2 aromatic carbocycles. The summed E-state index contributed by atoms with van der Waals surface area (Å²) < 4.78 is 32.1. The van der Waals surface area contributed by atoms with Gasteiger partial charge in [-0.25, -0.2) is 9.18 Å². The van der Waals surface area contributed by atoms with E-state index in [4.69, 9.17) is 14.2 Å². The van der Waals surface area contributed by atoms with Gasteiger partial charge in [0.1, 0.15) is 23.5 Å². The van der Waals surface area contributed by atoms with Gasteiger partial charge >= 0.3 is 5.97 Å². The molecule has 210 valence electrons. The van der Waals surface area contributed by atoms with Crippen molar-refractivity contribution < 1.29 is 33.6 Å². The molecule has 0 spiro atoms. The molecular formula is C29H29FN2O7S. The summed E-state index contributed by atoms with van der Waals surface area (Å²) in [4.78, 5) is 31.5. The van der Waals surface area contributed by atoms with Crippen LogP contribution in [-0.2, 0) is 24.3 Å². The molecule has 0 bridgehead atoms. The third-order valence-corrected chi connectivity index (χ3v) is 6.62. The van der Waals surface area contributed by atoms with Gasteiger partial charge in [-0.1, -0.05) is 42.5 Å². The summed E-state index contributed by atoms with van der Waals surface area (Å²) in [6, 6.07) is 15.1. The Kier molecular flexibility index (Phi) is 8.48. The maximum Gasteiger partial charge on any atom is 0.347 e. The van der Waals surface area contributed by atoms with Crippen molar-refractivity contribution in [1.82, 2.24) is 9.55 Å². The highest BCUT2D eigenvalue weighted by Crippen LogP contribution is 2.41. The van der Waals surface area contributed by atoms with Crippen LogP contribution in [0, 0.1) is 5.82 Å². The number of carbonyl (C=O) groups excluding carboxylic acids is 1. The van der Waals surface area contributed by atoms with Gasteiger partial charge < -0.3 is 24.4 Å². The van der Waals surface area contributed by atoms with Crippen molar-refractivity contribution in [2.75, 3.05) is 6.61 Å². The second-order valence-corrected chi connectivity index (χ2v) is 9.49.